The number of ether oxygens (including phenoxy) is 7. The summed E-state index contributed by atoms with van der Waals surface area (Å²) in [6.07, 6.45) is 3.49. The molecule has 0 aromatic heterocycles. The largest absolute Gasteiger partial charge is 0.519 e. The minimum Gasteiger partial charge on any atom is -0.463 e. The molecule has 0 bridgehead atoms. The van der Waals surface area contributed by atoms with Crippen molar-refractivity contribution >= 4 is 36.0 Å². The Morgan fingerprint density at radius 3 is 1.61 bits per heavy atom. The van der Waals surface area contributed by atoms with Gasteiger partial charge in [-0.05, 0) is 99.2 Å². The molecule has 268 valence electrons. The van der Waals surface area contributed by atoms with Crippen molar-refractivity contribution in [1.82, 2.24) is 0 Å². The summed E-state index contributed by atoms with van der Waals surface area (Å²) in [6, 6.07) is 16.1. The van der Waals surface area contributed by atoms with Gasteiger partial charge >= 0.3 is 30.2 Å². The molecule has 0 aliphatic rings. The first kappa shape index (κ1) is 39.2. The predicted octanol–water partition coefficient (Wildman–Crippen LogP) is 7.29. The van der Waals surface area contributed by atoms with E-state index in [9.17, 15) is 28.8 Å². The lowest BCUT2D eigenvalue weighted by molar-refractivity contribution is -0.138. The molecule has 0 saturated heterocycles. The zero-order chi connectivity index (χ0) is 37.0. The van der Waals surface area contributed by atoms with Crippen LogP contribution in [-0.4, -0.2) is 55.8 Å². The third-order valence-electron chi connectivity index (χ3n) is 6.85. The summed E-state index contributed by atoms with van der Waals surface area (Å²) in [7, 11) is 0. The van der Waals surface area contributed by atoms with E-state index in [1.165, 1.54) is 54.6 Å². The van der Waals surface area contributed by atoms with Crippen molar-refractivity contribution in [1.29, 1.82) is 0 Å². The average Bonchev–Trinajstić information content (AvgIpc) is 3.12. The van der Waals surface area contributed by atoms with Gasteiger partial charge < -0.3 is 33.2 Å². The van der Waals surface area contributed by atoms with Crippen LogP contribution >= 0.6 is 0 Å². The molecule has 3 rings (SSSR count). The normalized spacial score (nSPS) is 10.2. The Kier molecular flexibility index (Phi) is 16.1. The molecule has 0 N–H and O–H groups in total. The van der Waals surface area contributed by atoms with Crippen LogP contribution in [0.3, 0.4) is 0 Å². The summed E-state index contributed by atoms with van der Waals surface area (Å²) in [5.41, 5.74) is 1.21. The van der Waals surface area contributed by atoms with Gasteiger partial charge in [0.05, 0.1) is 25.4 Å². The Balaban J connectivity index is 1.39. The number of Topliss-reactive ketones (excluding diaryl/α,β-unsaturated/α-hetero) is 1. The van der Waals surface area contributed by atoms with Crippen LogP contribution in [0.5, 0.6) is 23.0 Å². The number of carbonyl (C=O) groups is 6. The van der Waals surface area contributed by atoms with Crippen molar-refractivity contribution in [3.8, 4) is 23.0 Å². The second-order valence-corrected chi connectivity index (χ2v) is 10.7. The van der Waals surface area contributed by atoms with Crippen LogP contribution in [-0.2, 0) is 23.8 Å². The Labute approximate surface area is 294 Å². The van der Waals surface area contributed by atoms with Crippen LogP contribution in [0.15, 0.2) is 92.0 Å². The highest BCUT2D eigenvalue weighted by Crippen LogP contribution is 2.26. The number of hydrogen-bond acceptors (Lipinski definition) is 13. The average molecular weight is 703 g/mol. The molecule has 13 nitrogen and oxygen atoms in total. The predicted molar refractivity (Wildman–Crippen MR) is 182 cm³/mol. The van der Waals surface area contributed by atoms with Crippen molar-refractivity contribution in [3.63, 3.8) is 0 Å². The van der Waals surface area contributed by atoms with Crippen LogP contribution in [0.25, 0.3) is 0 Å². The topological polar surface area (TPSA) is 167 Å². The molecule has 0 heterocycles. The molecule has 51 heavy (non-hydrogen) atoms. The van der Waals surface area contributed by atoms with E-state index >= 15 is 0 Å². The fourth-order valence-electron chi connectivity index (χ4n) is 4.20. The summed E-state index contributed by atoms with van der Waals surface area (Å²) < 4.78 is 35.7. The number of ketones is 1. The first-order valence-corrected chi connectivity index (χ1v) is 16.0. The molecule has 0 radical (unpaired) electrons. The minimum absolute atomic E-state index is 0.0674. The van der Waals surface area contributed by atoms with E-state index in [2.05, 4.69) is 13.2 Å². The van der Waals surface area contributed by atoms with Crippen LogP contribution in [0, 0.1) is 6.92 Å². The smallest absolute Gasteiger partial charge is 0.463 e. The monoisotopic (exact) mass is 702 g/mol. The van der Waals surface area contributed by atoms with E-state index < -0.39 is 30.2 Å². The zero-order valence-electron chi connectivity index (χ0n) is 28.1. The number of esters is 3. The summed E-state index contributed by atoms with van der Waals surface area (Å²) in [5, 5.41) is 0. The quantitative estimate of drug-likeness (QED) is 0.0233. The van der Waals surface area contributed by atoms with Gasteiger partial charge in [0.25, 0.3) is 0 Å². The fourth-order valence-corrected chi connectivity index (χ4v) is 4.20. The van der Waals surface area contributed by atoms with Crippen LogP contribution in [0.1, 0.15) is 64.8 Å². The summed E-state index contributed by atoms with van der Waals surface area (Å²) in [5.74, 6) is -1.05. The van der Waals surface area contributed by atoms with Crippen LogP contribution in [0.4, 0.5) is 9.59 Å². The Morgan fingerprint density at radius 1 is 0.549 bits per heavy atom. The summed E-state index contributed by atoms with van der Waals surface area (Å²) in [6.45, 7) is 8.81. The lowest BCUT2D eigenvalue weighted by Crippen LogP contribution is -2.14. The molecule has 3 aromatic rings. The van der Waals surface area contributed by atoms with Gasteiger partial charge in [0.15, 0.2) is 5.78 Å². The third kappa shape index (κ3) is 14.4. The van der Waals surface area contributed by atoms with E-state index in [0.29, 0.717) is 43.2 Å². The van der Waals surface area contributed by atoms with E-state index in [1.54, 1.807) is 19.1 Å². The van der Waals surface area contributed by atoms with Crippen LogP contribution < -0.4 is 18.9 Å². The highest BCUT2D eigenvalue weighted by molar-refractivity contribution is 5.98. The molecule has 0 aliphatic heterocycles. The number of aryl methyl sites for hydroxylation is 1. The molecule has 0 aliphatic carbocycles. The molecular weight excluding hydrogens is 664 g/mol. The first-order chi connectivity index (χ1) is 24.6. The molecule has 0 amide bonds. The number of benzene rings is 3. The molecular formula is C38H38O13. The van der Waals surface area contributed by atoms with E-state index in [4.69, 9.17) is 33.2 Å². The molecule has 3 aromatic carbocycles. The number of rotatable bonds is 19. The van der Waals surface area contributed by atoms with Crippen molar-refractivity contribution in [2.24, 2.45) is 0 Å². The standard InChI is InChI=1S/C38H38O13/c1-4-34(40)45-22-8-6-7-11-32(39)27-12-14-28(15-13-27)36(42)51-33-21-20-31(25-26(33)3)50-38(44)49-30-18-16-29(17-19-30)48-37(43)47-24-10-9-23-46-35(41)5-2/h4-5,12-21,25H,1-2,6-11,22-24H2,3H3. The van der Waals surface area contributed by atoms with E-state index in [0.717, 1.165) is 18.6 Å². The van der Waals surface area contributed by atoms with Gasteiger partial charge in [-0.2, -0.15) is 0 Å². The van der Waals surface area contributed by atoms with Crippen molar-refractivity contribution in [3.05, 3.63) is 109 Å². The first-order valence-electron chi connectivity index (χ1n) is 16.0. The Hall–Kier alpha value is -6.24. The van der Waals surface area contributed by atoms with Crippen molar-refractivity contribution < 1.29 is 61.9 Å². The Morgan fingerprint density at radius 2 is 1.04 bits per heavy atom. The molecule has 0 saturated carbocycles. The molecule has 0 spiro atoms. The second kappa shape index (κ2) is 21.0. The number of hydrogen-bond donors (Lipinski definition) is 0. The van der Waals surface area contributed by atoms with Gasteiger partial charge in [-0.25, -0.2) is 24.0 Å². The highest BCUT2D eigenvalue weighted by Gasteiger charge is 2.15. The van der Waals surface area contributed by atoms with Gasteiger partial charge in [0.1, 0.15) is 23.0 Å². The van der Waals surface area contributed by atoms with Gasteiger partial charge in [-0.1, -0.05) is 25.3 Å². The lowest BCUT2D eigenvalue weighted by Gasteiger charge is -2.10. The summed E-state index contributed by atoms with van der Waals surface area (Å²) in [4.78, 5) is 71.4. The number of unbranched alkanes of at least 4 members (excludes halogenated alkanes) is 3. The SMILES string of the molecule is C=CC(=O)OCCCCCC(=O)c1ccc(C(=O)Oc2ccc(OC(=O)Oc3ccc(OC(=O)OCCCCOC(=O)C=C)cc3)cc2C)cc1. The van der Waals surface area contributed by atoms with Gasteiger partial charge in [-0.15, -0.1) is 0 Å². The summed E-state index contributed by atoms with van der Waals surface area (Å²) >= 11 is 0. The van der Waals surface area contributed by atoms with Gasteiger partial charge in [-0.3, -0.25) is 4.79 Å². The van der Waals surface area contributed by atoms with Crippen LogP contribution in [0.2, 0.25) is 0 Å². The third-order valence-corrected chi connectivity index (χ3v) is 6.85. The fraction of sp³-hybridized carbons (Fsp3) is 0.263. The molecule has 0 fully saturated rings. The zero-order valence-corrected chi connectivity index (χ0v) is 28.1. The number of carbonyl (C=O) groups excluding carboxylic acids is 6. The maximum Gasteiger partial charge on any atom is 0.519 e. The lowest BCUT2D eigenvalue weighted by atomic mass is 10.0. The van der Waals surface area contributed by atoms with E-state index in [-0.39, 0.29) is 54.2 Å². The molecule has 0 unspecified atom stereocenters. The highest BCUT2D eigenvalue weighted by atomic mass is 16.7. The second-order valence-electron chi connectivity index (χ2n) is 10.7. The van der Waals surface area contributed by atoms with Gasteiger partial charge in [0, 0.05) is 24.1 Å². The van der Waals surface area contributed by atoms with Gasteiger partial charge in [0.2, 0.25) is 0 Å². The molecule has 0 atom stereocenters. The van der Waals surface area contributed by atoms with E-state index in [1.807, 2.05) is 0 Å². The maximum absolute atomic E-state index is 12.7. The van der Waals surface area contributed by atoms with Crippen molar-refractivity contribution in [2.45, 2.75) is 45.4 Å². The maximum atomic E-state index is 12.7. The minimum atomic E-state index is -1.03. The van der Waals surface area contributed by atoms with Crippen molar-refractivity contribution in [2.75, 3.05) is 19.8 Å². The molecule has 13 heteroatoms. The Bertz CT molecular complexity index is 1690.